The van der Waals surface area contributed by atoms with Crippen molar-refractivity contribution in [1.29, 1.82) is 0 Å². The zero-order chi connectivity index (χ0) is 22.9. The van der Waals surface area contributed by atoms with Crippen LogP contribution < -0.4 is 0 Å². The van der Waals surface area contributed by atoms with Gasteiger partial charge >= 0.3 is 0 Å². The van der Waals surface area contributed by atoms with Crippen LogP contribution in [0.25, 0.3) is 11.1 Å². The Morgan fingerprint density at radius 2 is 1.67 bits per heavy atom. The van der Waals surface area contributed by atoms with Gasteiger partial charge < -0.3 is 19.6 Å². The summed E-state index contributed by atoms with van der Waals surface area (Å²) < 4.78 is 5.36. The van der Waals surface area contributed by atoms with Gasteiger partial charge in [0.05, 0.1) is 45.0 Å². The quantitative estimate of drug-likeness (QED) is 0.749. The highest BCUT2D eigenvalue weighted by molar-refractivity contribution is 5.88. The molecule has 3 heterocycles. The maximum Gasteiger partial charge on any atom is 0.242 e. The summed E-state index contributed by atoms with van der Waals surface area (Å²) in [6.07, 6.45) is 0. The third-order valence-corrected chi connectivity index (χ3v) is 7.25. The van der Waals surface area contributed by atoms with Crippen LogP contribution in [-0.4, -0.2) is 96.2 Å². The summed E-state index contributed by atoms with van der Waals surface area (Å²) in [5.41, 5.74) is 4.62. The van der Waals surface area contributed by atoms with Crippen molar-refractivity contribution in [3.05, 3.63) is 59.7 Å². The molecule has 3 aliphatic rings. The summed E-state index contributed by atoms with van der Waals surface area (Å²) in [5, 5.41) is 10.0. The molecule has 2 aromatic carbocycles. The number of hydrogen-bond donors (Lipinski definition) is 1. The number of aryl methyl sites for hydroxylation is 1. The van der Waals surface area contributed by atoms with Crippen LogP contribution in [-0.2, 0) is 14.3 Å². The minimum atomic E-state index is -0.232. The number of rotatable bonds is 5. The van der Waals surface area contributed by atoms with Gasteiger partial charge in [-0.3, -0.25) is 14.5 Å². The van der Waals surface area contributed by atoms with Crippen molar-refractivity contribution in [2.45, 2.75) is 24.9 Å². The van der Waals surface area contributed by atoms with Crippen molar-refractivity contribution in [3.63, 3.8) is 0 Å². The molecule has 0 aromatic heterocycles. The lowest BCUT2D eigenvalue weighted by Gasteiger charge is -2.58. The van der Waals surface area contributed by atoms with Gasteiger partial charge in [-0.25, -0.2) is 0 Å². The number of morpholine rings is 1. The van der Waals surface area contributed by atoms with Gasteiger partial charge in [0.25, 0.3) is 0 Å². The zero-order valence-corrected chi connectivity index (χ0v) is 19.0. The summed E-state index contributed by atoms with van der Waals surface area (Å²) in [5.74, 6) is -0.0658. The first-order chi connectivity index (χ1) is 16.0. The molecule has 0 aliphatic carbocycles. The number of fused-ring (bicyclic) bond motifs is 1. The van der Waals surface area contributed by atoms with E-state index in [1.807, 2.05) is 0 Å². The van der Waals surface area contributed by atoms with Gasteiger partial charge in [-0.2, -0.15) is 0 Å². The highest BCUT2D eigenvalue weighted by Gasteiger charge is 2.54. The molecule has 2 amide bonds. The average Bonchev–Trinajstić information content (AvgIpc) is 2.82. The first-order valence-corrected chi connectivity index (χ1v) is 11.7. The molecule has 7 heteroatoms. The van der Waals surface area contributed by atoms with E-state index >= 15 is 0 Å². The number of nitrogens with zero attached hydrogens (tertiary/aromatic N) is 3. The second-order valence-corrected chi connectivity index (χ2v) is 9.29. The number of aliphatic hydroxyl groups excluding tert-OH is 1. The maximum absolute atomic E-state index is 12.9. The van der Waals surface area contributed by atoms with Gasteiger partial charge in [-0.05, 0) is 23.6 Å². The predicted molar refractivity (Wildman–Crippen MR) is 125 cm³/mol. The normalized spacial score (nSPS) is 25.5. The van der Waals surface area contributed by atoms with Crippen molar-refractivity contribution in [3.8, 4) is 11.1 Å². The van der Waals surface area contributed by atoms with Crippen molar-refractivity contribution < 1.29 is 19.4 Å². The molecule has 3 aliphatic heterocycles. The van der Waals surface area contributed by atoms with E-state index in [1.54, 1.807) is 9.80 Å². The Morgan fingerprint density at radius 3 is 2.30 bits per heavy atom. The monoisotopic (exact) mass is 449 g/mol. The van der Waals surface area contributed by atoms with Crippen LogP contribution in [0.1, 0.15) is 17.0 Å². The van der Waals surface area contributed by atoms with E-state index in [0.717, 1.165) is 29.8 Å². The average molecular weight is 450 g/mol. The maximum atomic E-state index is 12.9. The third-order valence-electron chi connectivity index (χ3n) is 7.25. The van der Waals surface area contributed by atoms with E-state index in [9.17, 15) is 14.7 Å². The lowest BCUT2D eigenvalue weighted by molar-refractivity contribution is -0.167. The minimum Gasteiger partial charge on any atom is -0.394 e. The molecule has 3 saturated heterocycles. The van der Waals surface area contributed by atoms with Crippen LogP contribution >= 0.6 is 0 Å². The lowest BCUT2D eigenvalue weighted by atomic mass is 9.73. The van der Waals surface area contributed by atoms with E-state index < -0.39 is 0 Å². The Kier molecular flexibility index (Phi) is 6.19. The molecule has 0 radical (unpaired) electrons. The summed E-state index contributed by atoms with van der Waals surface area (Å²) in [7, 11) is 0. The molecule has 3 atom stereocenters. The van der Waals surface area contributed by atoms with Gasteiger partial charge in [0.1, 0.15) is 0 Å². The Hall–Kier alpha value is -2.74. The minimum absolute atomic E-state index is 0.00850. The highest BCUT2D eigenvalue weighted by Crippen LogP contribution is 2.43. The van der Waals surface area contributed by atoms with E-state index in [4.69, 9.17) is 4.74 Å². The first-order valence-electron chi connectivity index (χ1n) is 11.7. The Morgan fingerprint density at radius 1 is 1.03 bits per heavy atom. The number of carbonyl (C=O) groups is 2. The largest absolute Gasteiger partial charge is 0.394 e. The molecule has 0 bridgehead atoms. The second kappa shape index (κ2) is 9.25. The smallest absolute Gasteiger partial charge is 0.242 e. The zero-order valence-electron chi connectivity index (χ0n) is 19.0. The predicted octanol–water partition coefficient (Wildman–Crippen LogP) is 1.49. The fourth-order valence-corrected chi connectivity index (χ4v) is 5.38. The molecular weight excluding hydrogens is 418 g/mol. The van der Waals surface area contributed by atoms with Crippen LogP contribution in [0.4, 0.5) is 0 Å². The van der Waals surface area contributed by atoms with Gasteiger partial charge in [-0.1, -0.05) is 54.1 Å². The Labute approximate surface area is 194 Å². The lowest BCUT2D eigenvalue weighted by Crippen LogP contribution is -2.73. The molecule has 0 unspecified atom stereocenters. The number of benzene rings is 2. The van der Waals surface area contributed by atoms with Crippen molar-refractivity contribution in [2.24, 2.45) is 0 Å². The molecule has 33 heavy (non-hydrogen) atoms. The Bertz CT molecular complexity index is 1000. The molecule has 2 aromatic rings. The van der Waals surface area contributed by atoms with Crippen LogP contribution in [0.3, 0.4) is 0 Å². The van der Waals surface area contributed by atoms with Crippen molar-refractivity contribution in [1.82, 2.24) is 14.7 Å². The van der Waals surface area contributed by atoms with Gasteiger partial charge in [0.15, 0.2) is 0 Å². The van der Waals surface area contributed by atoms with Gasteiger partial charge in [-0.15, -0.1) is 0 Å². The number of hydrogen-bond acceptors (Lipinski definition) is 5. The summed E-state index contributed by atoms with van der Waals surface area (Å²) >= 11 is 0. The van der Waals surface area contributed by atoms with Crippen molar-refractivity contribution in [2.75, 3.05) is 52.5 Å². The van der Waals surface area contributed by atoms with E-state index in [2.05, 4.69) is 60.4 Å². The molecule has 1 N–H and O–H groups in total. The van der Waals surface area contributed by atoms with Crippen LogP contribution in [0, 0.1) is 6.92 Å². The number of carbonyl (C=O) groups excluding carboxylic acids is 2. The van der Waals surface area contributed by atoms with Gasteiger partial charge in [0, 0.05) is 25.6 Å². The number of amides is 2. The highest BCUT2D eigenvalue weighted by atomic mass is 16.5. The molecule has 0 spiro atoms. The summed E-state index contributed by atoms with van der Waals surface area (Å²) in [6.45, 7) is 5.69. The summed E-state index contributed by atoms with van der Waals surface area (Å²) in [4.78, 5) is 31.4. The van der Waals surface area contributed by atoms with Crippen LogP contribution in [0.15, 0.2) is 48.5 Å². The number of aliphatic hydroxyl groups is 1. The van der Waals surface area contributed by atoms with Crippen LogP contribution in [0.5, 0.6) is 0 Å². The fraction of sp³-hybridized carbons (Fsp3) is 0.462. The van der Waals surface area contributed by atoms with E-state index in [-0.39, 0.29) is 43.0 Å². The van der Waals surface area contributed by atoms with E-state index in [1.165, 1.54) is 5.56 Å². The first kappa shape index (κ1) is 22.1. The molecule has 7 nitrogen and oxygen atoms in total. The number of piperazine rings is 1. The van der Waals surface area contributed by atoms with Gasteiger partial charge in [0.2, 0.25) is 11.8 Å². The fourth-order valence-electron chi connectivity index (χ4n) is 5.38. The topological polar surface area (TPSA) is 73.3 Å². The SMILES string of the molecule is Cc1ccc(-c2ccc([C@H]3[C@H](CO)N4C(=O)CN(C(=O)CN5CCOCC5)C[C@@H]34)cc2)cc1. The standard InChI is InChI=1S/C26H31N3O4/c1-18-2-4-19(5-3-18)20-6-8-21(9-7-20)26-22-14-28(16-25(32)29(22)23(26)17-30)24(31)15-27-10-12-33-13-11-27/h2-9,22-23,26,30H,10-17H2,1H3/t22-,23-,26+/m0/s1. The van der Waals surface area contributed by atoms with Crippen LogP contribution in [0.2, 0.25) is 0 Å². The molecule has 5 rings (SSSR count). The molecule has 3 fully saturated rings. The third kappa shape index (κ3) is 4.28. The molecule has 0 saturated carbocycles. The second-order valence-electron chi connectivity index (χ2n) is 9.29. The van der Waals surface area contributed by atoms with E-state index in [0.29, 0.717) is 26.3 Å². The summed E-state index contributed by atoms with van der Waals surface area (Å²) in [6, 6.07) is 16.5. The molecular formula is C26H31N3O4. The van der Waals surface area contributed by atoms with Crippen molar-refractivity contribution >= 4 is 11.8 Å². The molecule has 174 valence electrons. The number of ether oxygens (including phenoxy) is 1. The Balaban J connectivity index is 1.31.